The van der Waals surface area contributed by atoms with Gasteiger partial charge in [-0.2, -0.15) is 20.2 Å². The van der Waals surface area contributed by atoms with E-state index in [0.717, 1.165) is 55.4 Å². The van der Waals surface area contributed by atoms with E-state index in [1.165, 1.54) is 12.4 Å². The van der Waals surface area contributed by atoms with E-state index in [0.29, 0.717) is 51.9 Å². The highest BCUT2D eigenvalue weighted by Crippen LogP contribution is 2.37. The molecule has 89 heavy (non-hydrogen) atoms. The minimum absolute atomic E-state index is 0.122. The van der Waals surface area contributed by atoms with Crippen LogP contribution in [0.5, 0.6) is 23.3 Å². The third-order valence-electron chi connectivity index (χ3n) is 12.9. The van der Waals surface area contributed by atoms with Gasteiger partial charge in [0.05, 0.1) is 45.7 Å². The number of benzene rings is 6. The molecule has 4 aromatic heterocycles. The summed E-state index contributed by atoms with van der Waals surface area (Å²) in [5.41, 5.74) is 11.4. The first-order valence-electron chi connectivity index (χ1n) is 28.0. The number of nitrogens with zero attached hydrogens (tertiary/aromatic N) is 8. The quantitative estimate of drug-likeness (QED) is 0.0385. The SMILES string of the molecule is C=C(C)OC(=O)Cc1nccc(Oc2ccc(NC(=O)Nc3cc(C(C)(C)C)nn3-c3ccc(C)cc3)c3ccccc23)n1.C=C(C)OC(=O)Cl.Cc1ccc(-n2nc(C(C)(C)C)cc2NC(=O)Nc2ccc(Oc3ccnc(N)n3)c3ccccc23)cc1. The highest BCUT2D eigenvalue weighted by atomic mass is 35.5. The number of fused-ring (bicyclic) bond motifs is 2. The van der Waals surface area contributed by atoms with Crippen LogP contribution in [-0.2, 0) is 31.5 Å². The number of esters is 1. The van der Waals surface area contributed by atoms with Crippen molar-refractivity contribution in [3.63, 3.8) is 0 Å². The molecule has 10 aromatic rings. The van der Waals surface area contributed by atoms with E-state index < -0.39 is 17.4 Å². The summed E-state index contributed by atoms with van der Waals surface area (Å²) in [7, 11) is 0. The zero-order chi connectivity index (χ0) is 64.2. The van der Waals surface area contributed by atoms with Gasteiger partial charge in [-0.3, -0.25) is 15.4 Å². The smallest absolute Gasteiger partial charge is 0.408 e. The molecular weight excluding hydrogens is 1150 g/mol. The fraction of sp³-hybridized carbons (Fsp3) is 0.194. The second-order valence-electron chi connectivity index (χ2n) is 22.5. The molecule has 0 fully saturated rings. The zero-order valence-corrected chi connectivity index (χ0v) is 51.7. The summed E-state index contributed by atoms with van der Waals surface area (Å²) >= 11 is 4.75. The molecule has 0 radical (unpaired) electrons. The Morgan fingerprint density at radius 1 is 0.539 bits per heavy atom. The molecule has 4 heterocycles. The van der Waals surface area contributed by atoms with Gasteiger partial charge in [0.15, 0.2) is 0 Å². The van der Waals surface area contributed by atoms with Crippen molar-refractivity contribution in [2.75, 3.05) is 27.0 Å². The molecule has 22 heteroatoms. The molecule has 6 aromatic carbocycles. The van der Waals surface area contributed by atoms with E-state index >= 15 is 0 Å². The second kappa shape index (κ2) is 28.1. The monoisotopic (exact) mass is 1220 g/mol. The van der Waals surface area contributed by atoms with E-state index in [4.69, 9.17) is 41.7 Å². The molecule has 456 valence electrons. The summed E-state index contributed by atoms with van der Waals surface area (Å²) in [4.78, 5) is 64.8. The van der Waals surface area contributed by atoms with Gasteiger partial charge in [-0.05, 0) is 76.2 Å². The number of hydrogen-bond acceptors (Lipinski definition) is 15. The van der Waals surface area contributed by atoms with E-state index in [1.807, 2.05) is 123 Å². The van der Waals surface area contributed by atoms with Gasteiger partial charge in [-0.25, -0.2) is 33.7 Å². The van der Waals surface area contributed by atoms with Gasteiger partial charge < -0.3 is 35.3 Å². The van der Waals surface area contributed by atoms with E-state index in [-0.39, 0.29) is 40.9 Å². The Morgan fingerprint density at radius 2 is 0.955 bits per heavy atom. The number of nitrogens with one attached hydrogen (secondary N) is 4. The summed E-state index contributed by atoms with van der Waals surface area (Å²) in [6.07, 6.45) is 2.93. The molecular formula is C67H68ClN13O8. The van der Waals surface area contributed by atoms with E-state index in [1.54, 1.807) is 59.6 Å². The highest BCUT2D eigenvalue weighted by Gasteiger charge is 2.24. The summed E-state index contributed by atoms with van der Waals surface area (Å²) in [5, 5.41) is 24.6. The van der Waals surface area contributed by atoms with Crippen LogP contribution in [0.4, 0.5) is 43.3 Å². The molecule has 0 spiro atoms. The number of hydrogen-bond donors (Lipinski definition) is 5. The van der Waals surface area contributed by atoms with Crippen molar-refractivity contribution in [2.45, 2.75) is 86.5 Å². The third-order valence-corrected chi connectivity index (χ3v) is 12.9. The molecule has 21 nitrogen and oxygen atoms in total. The number of nitrogens with two attached hydrogens (primary N) is 1. The molecule has 0 saturated heterocycles. The lowest BCUT2D eigenvalue weighted by atomic mass is 9.92. The fourth-order valence-electron chi connectivity index (χ4n) is 8.58. The van der Waals surface area contributed by atoms with Crippen molar-refractivity contribution in [2.24, 2.45) is 0 Å². The Bertz CT molecular complexity index is 4230. The van der Waals surface area contributed by atoms with E-state index in [2.05, 4.69) is 101 Å². The second-order valence-corrected chi connectivity index (χ2v) is 22.8. The summed E-state index contributed by atoms with van der Waals surface area (Å²) in [6, 6.07) is 44.5. The van der Waals surface area contributed by atoms with Crippen molar-refractivity contribution < 1.29 is 38.1 Å². The molecule has 10 rings (SSSR count). The highest BCUT2D eigenvalue weighted by molar-refractivity contribution is 6.61. The first-order valence-corrected chi connectivity index (χ1v) is 28.3. The normalized spacial score (nSPS) is 11.0. The number of halogens is 1. The average molecular weight is 1220 g/mol. The maximum absolute atomic E-state index is 13.3. The summed E-state index contributed by atoms with van der Waals surface area (Å²) < 4.78 is 24.7. The van der Waals surface area contributed by atoms with Gasteiger partial charge in [-0.15, -0.1) is 0 Å². The van der Waals surface area contributed by atoms with Gasteiger partial charge >= 0.3 is 23.5 Å². The lowest BCUT2D eigenvalue weighted by molar-refractivity contribution is -0.138. The van der Waals surface area contributed by atoms with Gasteiger partial charge in [0.2, 0.25) is 17.7 Å². The molecule has 0 atom stereocenters. The minimum atomic E-state index is -0.840. The molecule has 0 aliphatic heterocycles. The number of anilines is 5. The number of amides is 4. The maximum atomic E-state index is 13.3. The van der Waals surface area contributed by atoms with Crippen LogP contribution in [0.15, 0.2) is 183 Å². The van der Waals surface area contributed by atoms with Crippen molar-refractivity contribution in [1.29, 1.82) is 0 Å². The Kier molecular flexibility index (Phi) is 20.2. The van der Waals surface area contributed by atoms with Crippen LogP contribution in [0.2, 0.25) is 0 Å². The van der Waals surface area contributed by atoms with Crippen molar-refractivity contribution in [3.8, 4) is 34.6 Å². The van der Waals surface area contributed by atoms with Crippen LogP contribution in [0, 0.1) is 13.8 Å². The predicted octanol–water partition coefficient (Wildman–Crippen LogP) is 15.8. The first-order chi connectivity index (χ1) is 42.3. The predicted molar refractivity (Wildman–Crippen MR) is 348 cm³/mol. The standard InChI is InChI=1S/C34H34N6O4.C29H29N7O2.C4H5ClO2/c1-21(2)43-32(41)20-29-35-18-17-31(37-29)44-27-16-15-26(24-9-7-8-10-25(24)27)36-33(42)38-30-19-28(34(4,5)6)39-40(30)23-13-11-22(3)12-14-23;1-18-9-11-19(12-10-18)36-25(17-24(35-36)29(2,3)4)33-28(37)32-22-13-14-23(21-8-6-5-7-20(21)22)38-26-15-16-31-27(30)34-26;1-3(2)7-4(5)6/h7-19H,1,20H2,2-6H3,(H2,36,38,42);5-17H,1-4H3,(H2,30,31,34)(H2,32,33,37);1H2,2H3. The number of carbonyl (C=O) groups is 4. The number of allylic oxidation sites excluding steroid dienone is 2. The molecule has 4 amide bonds. The lowest BCUT2D eigenvalue weighted by Crippen LogP contribution is -2.21. The van der Waals surface area contributed by atoms with Crippen LogP contribution in [-0.4, -0.2) is 63.0 Å². The van der Waals surface area contributed by atoms with Crippen LogP contribution >= 0.6 is 11.6 Å². The number of nitrogen functional groups attached to an aromatic ring is 1. The maximum Gasteiger partial charge on any atom is 0.408 e. The zero-order valence-electron chi connectivity index (χ0n) is 50.9. The Balaban J connectivity index is 0.000000209. The molecule has 6 N–H and O–H groups in total. The van der Waals surface area contributed by atoms with Crippen molar-refractivity contribution >= 4 is 85.6 Å². The van der Waals surface area contributed by atoms with Crippen molar-refractivity contribution in [1.82, 2.24) is 39.5 Å². The van der Waals surface area contributed by atoms with Crippen LogP contribution in [0.25, 0.3) is 32.9 Å². The van der Waals surface area contributed by atoms with Crippen LogP contribution in [0.1, 0.15) is 83.7 Å². The molecule has 0 aliphatic rings. The lowest BCUT2D eigenvalue weighted by Gasteiger charge is -2.14. The van der Waals surface area contributed by atoms with Gasteiger partial charge in [0.25, 0.3) is 0 Å². The summed E-state index contributed by atoms with van der Waals surface area (Å²) in [6.45, 7) is 26.5. The van der Waals surface area contributed by atoms with Crippen molar-refractivity contribution in [3.05, 3.63) is 211 Å². The minimum Gasteiger partial charge on any atom is -0.438 e. The Morgan fingerprint density at radius 3 is 1.35 bits per heavy atom. The van der Waals surface area contributed by atoms with Crippen LogP contribution < -0.4 is 36.5 Å². The summed E-state index contributed by atoms with van der Waals surface area (Å²) in [5.74, 6) is 3.29. The average Bonchev–Trinajstić information content (AvgIpc) is 2.06. The topological polar surface area (TPSA) is 267 Å². The number of ether oxygens (including phenoxy) is 4. The fourth-order valence-corrected chi connectivity index (χ4v) is 8.71. The Labute approximate surface area is 520 Å². The molecule has 0 aliphatic carbocycles. The number of aromatic nitrogens is 8. The van der Waals surface area contributed by atoms with Gasteiger partial charge in [-0.1, -0.05) is 139 Å². The van der Waals surface area contributed by atoms with Gasteiger partial charge in [0, 0.05) is 80.6 Å². The third kappa shape index (κ3) is 17.6. The van der Waals surface area contributed by atoms with Gasteiger partial charge in [0.1, 0.15) is 35.4 Å². The Hall–Kier alpha value is -10.9. The number of aryl methyl sites for hydroxylation is 2. The first kappa shape index (κ1) is 64.1. The number of carbonyl (C=O) groups excluding carboxylic acids is 4. The molecule has 0 unspecified atom stereocenters. The largest absolute Gasteiger partial charge is 0.438 e. The molecule has 0 saturated carbocycles. The number of urea groups is 2. The molecule has 0 bridgehead atoms. The number of rotatable bonds is 14. The van der Waals surface area contributed by atoms with Crippen LogP contribution in [0.3, 0.4) is 0 Å². The van der Waals surface area contributed by atoms with E-state index in [9.17, 15) is 19.2 Å².